The molecule has 20 heavy (non-hydrogen) atoms. The topological polar surface area (TPSA) is 26.3 Å². The minimum atomic E-state index is -0.504. The Morgan fingerprint density at radius 3 is 2.00 bits per heavy atom. The van der Waals surface area contributed by atoms with Gasteiger partial charge in [-0.25, -0.2) is 0 Å². The number of rotatable bonds is 0. The molecule has 0 saturated heterocycles. The SMILES string of the molecule is O=C1c2ccccc2C2(CC=CCO2)c2ccccc21. The van der Waals surface area contributed by atoms with Crippen molar-refractivity contribution >= 4 is 5.78 Å². The molecule has 2 nitrogen and oxygen atoms in total. The van der Waals surface area contributed by atoms with E-state index in [2.05, 4.69) is 6.08 Å². The summed E-state index contributed by atoms with van der Waals surface area (Å²) >= 11 is 0. The van der Waals surface area contributed by atoms with Gasteiger partial charge in [-0.1, -0.05) is 60.7 Å². The van der Waals surface area contributed by atoms with Crippen LogP contribution >= 0.6 is 0 Å². The Balaban J connectivity index is 2.07. The standard InChI is InChI=1S/C18H14O2/c19-17-13-7-1-3-9-15(13)18(11-5-6-12-20-18)16-10-4-2-8-14(16)17/h1-10H,11-12H2. The van der Waals surface area contributed by atoms with Crippen molar-refractivity contribution in [2.75, 3.05) is 6.61 Å². The van der Waals surface area contributed by atoms with Gasteiger partial charge >= 0.3 is 0 Å². The van der Waals surface area contributed by atoms with E-state index >= 15 is 0 Å². The summed E-state index contributed by atoms with van der Waals surface area (Å²) in [6.45, 7) is 0.580. The zero-order chi connectivity index (χ0) is 13.6. The lowest BCUT2D eigenvalue weighted by Crippen LogP contribution is -2.39. The first kappa shape index (κ1) is 11.6. The van der Waals surface area contributed by atoms with Crippen LogP contribution in [0.2, 0.25) is 0 Å². The van der Waals surface area contributed by atoms with Crippen molar-refractivity contribution < 1.29 is 9.53 Å². The summed E-state index contributed by atoms with van der Waals surface area (Å²) in [5.74, 6) is 0.0972. The predicted octanol–water partition coefficient (Wildman–Crippen LogP) is 3.45. The highest BCUT2D eigenvalue weighted by Gasteiger charge is 2.44. The summed E-state index contributed by atoms with van der Waals surface area (Å²) < 4.78 is 6.17. The average Bonchev–Trinajstić information content (AvgIpc) is 2.54. The number of benzene rings is 2. The molecule has 0 bridgehead atoms. The van der Waals surface area contributed by atoms with Crippen LogP contribution in [0, 0.1) is 0 Å². The Morgan fingerprint density at radius 1 is 0.850 bits per heavy atom. The van der Waals surface area contributed by atoms with Crippen LogP contribution in [-0.2, 0) is 10.3 Å². The van der Waals surface area contributed by atoms with Gasteiger partial charge in [0, 0.05) is 17.5 Å². The molecule has 2 aromatic rings. The number of fused-ring (bicyclic) bond motifs is 4. The Kier molecular flexibility index (Phi) is 2.41. The van der Waals surface area contributed by atoms with Gasteiger partial charge in [-0.2, -0.15) is 0 Å². The fraction of sp³-hybridized carbons (Fsp3) is 0.167. The van der Waals surface area contributed by atoms with E-state index in [-0.39, 0.29) is 5.78 Å². The third-order valence-corrected chi connectivity index (χ3v) is 4.21. The van der Waals surface area contributed by atoms with Crippen LogP contribution in [0.5, 0.6) is 0 Å². The molecule has 1 heterocycles. The first-order valence-corrected chi connectivity index (χ1v) is 6.86. The summed E-state index contributed by atoms with van der Waals surface area (Å²) in [7, 11) is 0. The van der Waals surface area contributed by atoms with Gasteiger partial charge in [-0.3, -0.25) is 4.79 Å². The molecule has 98 valence electrons. The molecule has 2 heteroatoms. The van der Waals surface area contributed by atoms with Crippen molar-refractivity contribution in [3.63, 3.8) is 0 Å². The molecule has 4 rings (SSSR count). The molecule has 0 atom stereocenters. The lowest BCUT2D eigenvalue weighted by atomic mass is 9.72. The molecule has 2 aromatic carbocycles. The highest BCUT2D eigenvalue weighted by atomic mass is 16.5. The summed E-state index contributed by atoms with van der Waals surface area (Å²) in [5, 5.41) is 0. The Morgan fingerprint density at radius 2 is 1.45 bits per heavy atom. The second kappa shape index (κ2) is 4.15. The van der Waals surface area contributed by atoms with E-state index in [0.29, 0.717) is 6.61 Å². The van der Waals surface area contributed by atoms with E-state index < -0.39 is 5.60 Å². The molecule has 1 aliphatic carbocycles. The summed E-state index contributed by atoms with van der Waals surface area (Å²) in [5.41, 5.74) is 3.01. The van der Waals surface area contributed by atoms with Crippen LogP contribution in [-0.4, -0.2) is 12.4 Å². The predicted molar refractivity (Wildman–Crippen MR) is 76.8 cm³/mol. The van der Waals surface area contributed by atoms with Gasteiger partial charge < -0.3 is 4.74 Å². The summed E-state index contributed by atoms with van der Waals surface area (Å²) in [6, 6.07) is 15.6. The zero-order valence-corrected chi connectivity index (χ0v) is 11.0. The summed E-state index contributed by atoms with van der Waals surface area (Å²) in [4.78, 5) is 12.7. The number of carbonyl (C=O) groups is 1. The highest BCUT2D eigenvalue weighted by Crippen LogP contribution is 2.46. The Hall–Kier alpha value is -2.19. The maximum absolute atomic E-state index is 12.7. The van der Waals surface area contributed by atoms with E-state index in [0.717, 1.165) is 28.7 Å². The smallest absolute Gasteiger partial charge is 0.193 e. The largest absolute Gasteiger partial charge is 0.361 e. The quantitative estimate of drug-likeness (QED) is 0.680. The van der Waals surface area contributed by atoms with E-state index in [1.54, 1.807) is 0 Å². The Bertz CT molecular complexity index is 678. The average molecular weight is 262 g/mol. The van der Waals surface area contributed by atoms with Crippen LogP contribution in [0.3, 0.4) is 0 Å². The van der Waals surface area contributed by atoms with Gasteiger partial charge in [0.2, 0.25) is 0 Å². The molecule has 0 N–H and O–H groups in total. The summed E-state index contributed by atoms with van der Waals surface area (Å²) in [6.07, 6.45) is 4.95. The van der Waals surface area contributed by atoms with Crippen molar-refractivity contribution in [1.82, 2.24) is 0 Å². The van der Waals surface area contributed by atoms with E-state index in [4.69, 9.17) is 4.74 Å². The first-order chi connectivity index (χ1) is 9.83. The molecule has 1 spiro atoms. The molecule has 0 aromatic heterocycles. The molecule has 0 saturated carbocycles. The molecular formula is C18H14O2. The van der Waals surface area contributed by atoms with Crippen molar-refractivity contribution in [3.05, 3.63) is 82.9 Å². The third kappa shape index (κ3) is 1.40. The van der Waals surface area contributed by atoms with Gasteiger partial charge in [0.15, 0.2) is 5.78 Å². The van der Waals surface area contributed by atoms with Gasteiger partial charge in [0.05, 0.1) is 6.61 Å². The number of carbonyl (C=O) groups excluding carboxylic acids is 1. The zero-order valence-electron chi connectivity index (χ0n) is 11.0. The molecule has 0 unspecified atom stereocenters. The second-order valence-corrected chi connectivity index (χ2v) is 5.23. The van der Waals surface area contributed by atoms with Crippen LogP contribution in [0.1, 0.15) is 33.5 Å². The lowest BCUT2D eigenvalue weighted by Gasteiger charge is -2.40. The Labute approximate surface area is 117 Å². The fourth-order valence-electron chi connectivity index (χ4n) is 3.30. The van der Waals surface area contributed by atoms with E-state index in [9.17, 15) is 4.79 Å². The van der Waals surface area contributed by atoms with Gasteiger partial charge in [-0.05, 0) is 11.1 Å². The first-order valence-electron chi connectivity index (χ1n) is 6.86. The highest BCUT2D eigenvalue weighted by molar-refractivity contribution is 6.13. The maximum Gasteiger partial charge on any atom is 0.193 e. The van der Waals surface area contributed by atoms with Gasteiger partial charge in [0.1, 0.15) is 5.60 Å². The maximum atomic E-state index is 12.7. The van der Waals surface area contributed by atoms with Gasteiger partial charge in [0.25, 0.3) is 0 Å². The van der Waals surface area contributed by atoms with Crippen molar-refractivity contribution in [2.45, 2.75) is 12.0 Å². The van der Waals surface area contributed by atoms with Crippen LogP contribution in [0.15, 0.2) is 60.7 Å². The van der Waals surface area contributed by atoms with Crippen molar-refractivity contribution in [3.8, 4) is 0 Å². The minimum Gasteiger partial charge on any atom is -0.361 e. The van der Waals surface area contributed by atoms with Crippen LogP contribution < -0.4 is 0 Å². The number of hydrogen-bond acceptors (Lipinski definition) is 2. The number of ether oxygens (including phenoxy) is 1. The molecule has 0 amide bonds. The van der Waals surface area contributed by atoms with E-state index in [1.807, 2.05) is 54.6 Å². The minimum absolute atomic E-state index is 0.0972. The third-order valence-electron chi connectivity index (χ3n) is 4.21. The molecule has 1 aliphatic heterocycles. The van der Waals surface area contributed by atoms with Crippen molar-refractivity contribution in [1.29, 1.82) is 0 Å². The lowest BCUT2D eigenvalue weighted by molar-refractivity contribution is -0.00984. The van der Waals surface area contributed by atoms with Crippen LogP contribution in [0.25, 0.3) is 0 Å². The van der Waals surface area contributed by atoms with E-state index in [1.165, 1.54) is 0 Å². The normalized spacial score (nSPS) is 18.7. The fourth-order valence-corrected chi connectivity index (χ4v) is 3.30. The van der Waals surface area contributed by atoms with Crippen molar-refractivity contribution in [2.24, 2.45) is 0 Å². The van der Waals surface area contributed by atoms with Crippen LogP contribution in [0.4, 0.5) is 0 Å². The number of ketones is 1. The molecule has 0 fully saturated rings. The number of hydrogen-bond donors (Lipinski definition) is 0. The van der Waals surface area contributed by atoms with Gasteiger partial charge in [-0.15, -0.1) is 0 Å². The molecular weight excluding hydrogens is 248 g/mol. The second-order valence-electron chi connectivity index (χ2n) is 5.23. The monoisotopic (exact) mass is 262 g/mol. The molecule has 2 aliphatic rings. The molecule has 0 radical (unpaired) electrons.